The number of halogens is 3. The van der Waals surface area contributed by atoms with Crippen molar-refractivity contribution in [3.05, 3.63) is 29.8 Å². The number of alkyl halides is 3. The second kappa shape index (κ2) is 6.91. The number of amides is 1. The number of benzene rings is 1. The van der Waals surface area contributed by atoms with Crippen LogP contribution in [0.3, 0.4) is 0 Å². The summed E-state index contributed by atoms with van der Waals surface area (Å²) in [6.07, 6.45) is -2.62. The van der Waals surface area contributed by atoms with Gasteiger partial charge in [0.05, 0.1) is 11.1 Å². The van der Waals surface area contributed by atoms with Gasteiger partial charge in [-0.25, -0.2) is 0 Å². The Labute approximate surface area is 121 Å². The Morgan fingerprint density at radius 1 is 1.29 bits per heavy atom. The summed E-state index contributed by atoms with van der Waals surface area (Å²) in [4.78, 5) is 12.0. The fourth-order valence-electron chi connectivity index (χ4n) is 1.80. The molecule has 0 aliphatic rings. The number of hydrogen-bond acceptors (Lipinski definition) is 3. The molecule has 0 unspecified atom stereocenters. The van der Waals surface area contributed by atoms with E-state index in [1.54, 1.807) is 6.92 Å². The summed E-state index contributed by atoms with van der Waals surface area (Å²) < 4.78 is 37.8. The van der Waals surface area contributed by atoms with Crippen molar-refractivity contribution >= 4 is 11.6 Å². The minimum atomic E-state index is -4.45. The van der Waals surface area contributed by atoms with Gasteiger partial charge in [0, 0.05) is 5.69 Å². The van der Waals surface area contributed by atoms with E-state index in [0.29, 0.717) is 19.4 Å². The quantitative estimate of drug-likeness (QED) is 0.706. The van der Waals surface area contributed by atoms with Crippen LogP contribution in [0.2, 0.25) is 0 Å². The van der Waals surface area contributed by atoms with E-state index < -0.39 is 23.2 Å². The van der Waals surface area contributed by atoms with Gasteiger partial charge in [-0.2, -0.15) is 13.2 Å². The van der Waals surface area contributed by atoms with Crippen molar-refractivity contribution in [2.75, 3.05) is 11.9 Å². The van der Waals surface area contributed by atoms with E-state index in [1.807, 2.05) is 0 Å². The predicted octanol–water partition coefficient (Wildman–Crippen LogP) is 2.49. The average molecular weight is 303 g/mol. The Morgan fingerprint density at radius 2 is 1.95 bits per heavy atom. The van der Waals surface area contributed by atoms with E-state index in [2.05, 4.69) is 5.32 Å². The third kappa shape index (κ3) is 5.35. The fourth-order valence-corrected chi connectivity index (χ4v) is 1.80. The van der Waals surface area contributed by atoms with E-state index >= 15 is 0 Å². The van der Waals surface area contributed by atoms with E-state index in [-0.39, 0.29) is 5.69 Å². The molecule has 1 amide bonds. The summed E-state index contributed by atoms with van der Waals surface area (Å²) >= 11 is 0. The highest BCUT2D eigenvalue weighted by molar-refractivity contribution is 5.97. The molecule has 0 heterocycles. The van der Waals surface area contributed by atoms with Crippen molar-refractivity contribution in [3.8, 4) is 0 Å². The van der Waals surface area contributed by atoms with Crippen molar-refractivity contribution in [3.63, 3.8) is 0 Å². The van der Waals surface area contributed by atoms with Crippen LogP contribution in [0.1, 0.15) is 31.7 Å². The number of hydrogen-bond donors (Lipinski definition) is 3. The molecule has 4 nitrogen and oxygen atoms in total. The lowest BCUT2D eigenvalue weighted by atomic mass is 9.95. The lowest BCUT2D eigenvalue weighted by Crippen LogP contribution is -2.48. The average Bonchev–Trinajstić information content (AvgIpc) is 2.38. The minimum absolute atomic E-state index is 0.0744. The van der Waals surface area contributed by atoms with E-state index in [9.17, 15) is 18.0 Å². The largest absolute Gasteiger partial charge is 0.416 e. The molecule has 0 saturated carbocycles. The summed E-state index contributed by atoms with van der Waals surface area (Å²) in [5.74, 6) is -0.515. The molecule has 0 spiro atoms. The number of unbranched alkanes of at least 4 members (excludes halogenated alkanes) is 1. The first-order valence-corrected chi connectivity index (χ1v) is 6.64. The Hall–Kier alpha value is -1.60. The maximum Gasteiger partial charge on any atom is 0.416 e. The summed E-state index contributed by atoms with van der Waals surface area (Å²) in [6, 6.07) is 4.45. The second-order valence-electron chi connectivity index (χ2n) is 5.20. The van der Waals surface area contributed by atoms with Crippen molar-refractivity contribution in [1.82, 2.24) is 0 Å². The van der Waals surface area contributed by atoms with Gasteiger partial charge in [0.25, 0.3) is 0 Å². The van der Waals surface area contributed by atoms with Gasteiger partial charge in [0.1, 0.15) is 0 Å². The molecule has 0 bridgehead atoms. The number of nitrogens with one attached hydrogen (secondary N) is 1. The smallest absolute Gasteiger partial charge is 0.330 e. The highest BCUT2D eigenvalue weighted by Gasteiger charge is 2.31. The fraction of sp³-hybridized carbons (Fsp3) is 0.500. The monoisotopic (exact) mass is 303 g/mol. The van der Waals surface area contributed by atoms with Gasteiger partial charge in [0.15, 0.2) is 0 Å². The van der Waals surface area contributed by atoms with E-state index in [0.717, 1.165) is 18.6 Å². The molecular weight excluding hydrogens is 283 g/mol. The topological polar surface area (TPSA) is 81.1 Å². The highest BCUT2D eigenvalue weighted by atomic mass is 19.4. The normalized spacial score (nSPS) is 14.6. The summed E-state index contributed by atoms with van der Waals surface area (Å²) in [6.45, 7) is 2.05. The summed E-state index contributed by atoms with van der Waals surface area (Å²) in [5.41, 5.74) is 9.37. The Morgan fingerprint density at radius 3 is 2.52 bits per heavy atom. The van der Waals surface area contributed by atoms with Crippen molar-refractivity contribution in [1.29, 1.82) is 0 Å². The van der Waals surface area contributed by atoms with E-state index in [1.165, 1.54) is 12.1 Å². The van der Waals surface area contributed by atoms with Crippen LogP contribution in [0.5, 0.6) is 0 Å². The van der Waals surface area contributed by atoms with Gasteiger partial charge < -0.3 is 16.8 Å². The molecular formula is C14H20F3N3O. The molecule has 5 N–H and O–H groups in total. The van der Waals surface area contributed by atoms with Crippen molar-refractivity contribution in [2.24, 2.45) is 11.5 Å². The molecule has 1 atom stereocenters. The Bertz CT molecular complexity index is 487. The molecule has 1 aromatic carbocycles. The number of carbonyl (C=O) groups is 1. The highest BCUT2D eigenvalue weighted by Crippen LogP contribution is 2.30. The van der Waals surface area contributed by atoms with Crippen LogP contribution < -0.4 is 16.8 Å². The van der Waals surface area contributed by atoms with Gasteiger partial charge in [-0.1, -0.05) is 6.07 Å². The van der Waals surface area contributed by atoms with Gasteiger partial charge in [-0.3, -0.25) is 4.79 Å². The van der Waals surface area contributed by atoms with Crippen molar-refractivity contribution < 1.29 is 18.0 Å². The van der Waals surface area contributed by atoms with Gasteiger partial charge in [-0.05, 0) is 50.9 Å². The molecule has 1 rings (SSSR count). The lowest BCUT2D eigenvalue weighted by Gasteiger charge is -2.23. The van der Waals surface area contributed by atoms with Crippen LogP contribution in [-0.2, 0) is 11.0 Å². The van der Waals surface area contributed by atoms with Crippen LogP contribution in [0.4, 0.5) is 18.9 Å². The number of anilines is 1. The van der Waals surface area contributed by atoms with Crippen LogP contribution in [0.25, 0.3) is 0 Å². The molecule has 0 radical (unpaired) electrons. The zero-order valence-corrected chi connectivity index (χ0v) is 11.8. The molecule has 21 heavy (non-hydrogen) atoms. The van der Waals surface area contributed by atoms with Crippen LogP contribution in [-0.4, -0.2) is 18.0 Å². The first-order chi connectivity index (χ1) is 9.66. The van der Waals surface area contributed by atoms with Crippen LogP contribution >= 0.6 is 0 Å². The zero-order chi connectivity index (χ0) is 16.1. The molecule has 7 heteroatoms. The first kappa shape index (κ1) is 17.5. The summed E-state index contributed by atoms with van der Waals surface area (Å²) in [7, 11) is 0. The standard InChI is InChI=1S/C14H20F3N3O/c1-13(19,7-2-3-8-18)12(21)20-11-6-4-5-10(9-11)14(15,16)17/h4-6,9H,2-3,7-8,18-19H2,1H3,(H,20,21)/t13-/m0/s1. The number of carbonyl (C=O) groups excluding carboxylic acids is 1. The molecule has 0 saturated heterocycles. The SMILES string of the molecule is C[C@](N)(CCCCN)C(=O)Nc1cccc(C(F)(F)F)c1. The minimum Gasteiger partial charge on any atom is -0.330 e. The van der Waals surface area contributed by atoms with Crippen molar-refractivity contribution in [2.45, 2.75) is 37.9 Å². The van der Waals surface area contributed by atoms with Gasteiger partial charge >= 0.3 is 6.18 Å². The third-order valence-electron chi connectivity index (χ3n) is 3.12. The Balaban J connectivity index is 2.74. The van der Waals surface area contributed by atoms with Crippen LogP contribution in [0.15, 0.2) is 24.3 Å². The maximum atomic E-state index is 12.6. The van der Waals surface area contributed by atoms with E-state index in [4.69, 9.17) is 11.5 Å². The van der Waals surface area contributed by atoms with Crippen LogP contribution in [0, 0.1) is 0 Å². The lowest BCUT2D eigenvalue weighted by molar-refractivity contribution is -0.137. The molecule has 0 aromatic heterocycles. The predicted molar refractivity (Wildman–Crippen MR) is 75.6 cm³/mol. The molecule has 0 aliphatic carbocycles. The van der Waals surface area contributed by atoms with Gasteiger partial charge in [-0.15, -0.1) is 0 Å². The third-order valence-corrected chi connectivity index (χ3v) is 3.12. The molecule has 0 fully saturated rings. The van der Waals surface area contributed by atoms with Gasteiger partial charge in [0.2, 0.25) is 5.91 Å². The Kier molecular flexibility index (Phi) is 5.74. The maximum absolute atomic E-state index is 12.6. The summed E-state index contributed by atoms with van der Waals surface area (Å²) in [5, 5.41) is 2.43. The molecule has 1 aromatic rings. The number of nitrogens with two attached hydrogens (primary N) is 2. The molecule has 0 aliphatic heterocycles. The second-order valence-corrected chi connectivity index (χ2v) is 5.20. The zero-order valence-electron chi connectivity index (χ0n) is 11.8. The first-order valence-electron chi connectivity index (χ1n) is 6.64. The molecule has 118 valence electrons. The number of rotatable bonds is 6.